The molecule has 0 amide bonds. The van der Waals surface area contributed by atoms with Crippen LogP contribution in [0, 0.1) is 0 Å². The van der Waals surface area contributed by atoms with Gasteiger partial charge in [-0.25, -0.2) is 9.97 Å². The van der Waals surface area contributed by atoms with Crippen LogP contribution in [0.25, 0.3) is 10.8 Å². The van der Waals surface area contributed by atoms with Crippen molar-refractivity contribution >= 4 is 28.2 Å². The lowest BCUT2D eigenvalue weighted by atomic mass is 10.1. The van der Waals surface area contributed by atoms with E-state index in [0.29, 0.717) is 29.4 Å². The van der Waals surface area contributed by atoms with Crippen molar-refractivity contribution < 1.29 is 0 Å². The number of anilines is 3. The lowest BCUT2D eigenvalue weighted by molar-refractivity contribution is 0.631. The number of nitrogens with one attached hydrogen (secondary N) is 2. The number of aromatic nitrogens is 5. The Balaban J connectivity index is 1.81. The first-order chi connectivity index (χ1) is 14.4. The van der Waals surface area contributed by atoms with Crippen molar-refractivity contribution in [2.75, 3.05) is 10.6 Å². The Morgan fingerprint density at radius 2 is 1.90 bits per heavy atom. The second-order valence-electron chi connectivity index (χ2n) is 7.98. The molecule has 8 heteroatoms. The molecule has 0 aromatic carbocycles. The Morgan fingerprint density at radius 1 is 1.03 bits per heavy atom. The molecule has 0 fully saturated rings. The van der Waals surface area contributed by atoms with Crippen molar-refractivity contribution in [1.82, 2.24) is 24.5 Å². The Bertz CT molecular complexity index is 1220. The van der Waals surface area contributed by atoms with E-state index in [1.807, 2.05) is 51.1 Å². The zero-order valence-electron chi connectivity index (χ0n) is 17.1. The predicted octanol–water partition coefficient (Wildman–Crippen LogP) is 3.58. The van der Waals surface area contributed by atoms with Gasteiger partial charge in [-0.05, 0) is 50.4 Å². The summed E-state index contributed by atoms with van der Waals surface area (Å²) in [6.07, 6.45) is 8.34. The molecule has 30 heavy (non-hydrogen) atoms. The average molecular weight is 401 g/mol. The van der Waals surface area contributed by atoms with Gasteiger partial charge in [0.25, 0.3) is 5.56 Å². The Kier molecular flexibility index (Phi) is 5.14. The molecule has 2 N–H and O–H groups in total. The topological polar surface area (TPSA) is 97.6 Å². The van der Waals surface area contributed by atoms with Crippen molar-refractivity contribution in [2.24, 2.45) is 0 Å². The van der Waals surface area contributed by atoms with E-state index in [0.717, 1.165) is 11.1 Å². The summed E-state index contributed by atoms with van der Waals surface area (Å²) < 4.78 is 1.65. The first-order valence-electron chi connectivity index (χ1n) is 9.64. The van der Waals surface area contributed by atoms with Gasteiger partial charge in [0.2, 0.25) is 0 Å². The van der Waals surface area contributed by atoms with Crippen LogP contribution in [0.3, 0.4) is 0 Å². The highest BCUT2D eigenvalue weighted by molar-refractivity contribution is 5.93. The third kappa shape index (κ3) is 4.43. The maximum absolute atomic E-state index is 13.3. The largest absolute Gasteiger partial charge is 0.365 e. The summed E-state index contributed by atoms with van der Waals surface area (Å²) in [5, 5.41) is 7.84. The van der Waals surface area contributed by atoms with Gasteiger partial charge in [-0.1, -0.05) is 6.07 Å². The number of nitrogens with zero attached hydrogens (tertiary/aromatic N) is 5. The molecule has 4 aromatic heterocycles. The molecule has 0 spiro atoms. The Hall–Kier alpha value is -3.81. The van der Waals surface area contributed by atoms with Crippen LogP contribution in [0.4, 0.5) is 17.5 Å². The summed E-state index contributed by atoms with van der Waals surface area (Å²) in [4.78, 5) is 30.6. The molecule has 0 aliphatic carbocycles. The summed E-state index contributed by atoms with van der Waals surface area (Å²) >= 11 is 0. The van der Waals surface area contributed by atoms with Gasteiger partial charge in [0.1, 0.15) is 17.5 Å². The summed E-state index contributed by atoms with van der Waals surface area (Å²) in [6.45, 7) is 6.47. The second kappa shape index (κ2) is 7.90. The van der Waals surface area contributed by atoms with E-state index in [9.17, 15) is 4.79 Å². The number of pyridine rings is 3. The Morgan fingerprint density at radius 3 is 2.60 bits per heavy atom. The Labute approximate surface area is 174 Å². The fourth-order valence-electron chi connectivity index (χ4n) is 3.10. The molecule has 4 heterocycles. The normalized spacial score (nSPS) is 11.4. The van der Waals surface area contributed by atoms with Crippen molar-refractivity contribution in [2.45, 2.75) is 32.9 Å². The van der Waals surface area contributed by atoms with E-state index in [1.54, 1.807) is 35.6 Å². The van der Waals surface area contributed by atoms with Gasteiger partial charge in [0.15, 0.2) is 0 Å². The van der Waals surface area contributed by atoms with Crippen molar-refractivity contribution in [3.63, 3.8) is 0 Å². The highest BCUT2D eigenvalue weighted by Crippen LogP contribution is 2.26. The highest BCUT2D eigenvalue weighted by atomic mass is 16.1. The molecule has 4 aromatic rings. The summed E-state index contributed by atoms with van der Waals surface area (Å²) in [5.41, 5.74) is 0.417. The van der Waals surface area contributed by atoms with Gasteiger partial charge >= 0.3 is 0 Å². The fraction of sp³-hybridized carbons (Fsp3) is 0.227. The maximum Gasteiger partial charge on any atom is 0.262 e. The number of rotatable bonds is 5. The molecule has 0 radical (unpaired) electrons. The van der Waals surface area contributed by atoms with Crippen molar-refractivity contribution in [3.8, 4) is 0 Å². The molecule has 0 unspecified atom stereocenters. The first kappa shape index (κ1) is 19.5. The van der Waals surface area contributed by atoms with Crippen LogP contribution >= 0.6 is 0 Å². The van der Waals surface area contributed by atoms with Crippen LogP contribution in [-0.2, 0) is 6.54 Å². The van der Waals surface area contributed by atoms with E-state index >= 15 is 0 Å². The quantitative estimate of drug-likeness (QED) is 0.527. The third-order valence-corrected chi connectivity index (χ3v) is 4.33. The van der Waals surface area contributed by atoms with E-state index < -0.39 is 0 Å². The summed E-state index contributed by atoms with van der Waals surface area (Å²) in [7, 11) is 0. The lowest BCUT2D eigenvalue weighted by Crippen LogP contribution is -2.29. The average Bonchev–Trinajstić information content (AvgIpc) is 2.70. The molecule has 0 aliphatic heterocycles. The lowest BCUT2D eigenvalue weighted by Gasteiger charge is -2.23. The van der Waals surface area contributed by atoms with Crippen molar-refractivity contribution in [3.05, 3.63) is 77.4 Å². The van der Waals surface area contributed by atoms with E-state index in [2.05, 4.69) is 30.6 Å². The van der Waals surface area contributed by atoms with Gasteiger partial charge in [-0.2, -0.15) is 0 Å². The smallest absolute Gasteiger partial charge is 0.262 e. The van der Waals surface area contributed by atoms with E-state index in [4.69, 9.17) is 0 Å². The predicted molar refractivity (Wildman–Crippen MR) is 118 cm³/mol. The van der Waals surface area contributed by atoms with Gasteiger partial charge in [-0.15, -0.1) is 0 Å². The first-order valence-corrected chi connectivity index (χ1v) is 9.64. The molecule has 0 bridgehead atoms. The van der Waals surface area contributed by atoms with Crippen LogP contribution < -0.4 is 16.2 Å². The highest BCUT2D eigenvalue weighted by Gasteiger charge is 2.17. The molecule has 0 saturated carbocycles. The van der Waals surface area contributed by atoms with E-state index in [-0.39, 0.29) is 11.1 Å². The van der Waals surface area contributed by atoms with Gasteiger partial charge < -0.3 is 15.2 Å². The number of hydrogen-bond donors (Lipinski definition) is 2. The van der Waals surface area contributed by atoms with Gasteiger partial charge in [0, 0.05) is 30.3 Å². The molecule has 4 rings (SSSR count). The number of fused-ring (bicyclic) bond motifs is 1. The van der Waals surface area contributed by atoms with Crippen LogP contribution in [0.5, 0.6) is 0 Å². The minimum atomic E-state index is -0.279. The van der Waals surface area contributed by atoms with Crippen LogP contribution in [0.1, 0.15) is 26.5 Å². The standard InChI is InChI=1S/C22H23N7O/c1-22(2,3)28-20-19-15(12-17(27-20)26-18-13-23-9-10-25-18)7-11-29(21(19)30)14-16-6-4-5-8-24-16/h4-13H,14H2,1-3H3,(H2,25,26,27,28). The molecular weight excluding hydrogens is 378 g/mol. The summed E-state index contributed by atoms with van der Waals surface area (Å²) in [6, 6.07) is 9.42. The zero-order chi connectivity index (χ0) is 21.1. The molecular formula is C22H23N7O. The zero-order valence-corrected chi connectivity index (χ0v) is 17.1. The molecule has 152 valence electrons. The monoisotopic (exact) mass is 401 g/mol. The third-order valence-electron chi connectivity index (χ3n) is 4.33. The van der Waals surface area contributed by atoms with Crippen LogP contribution in [0.2, 0.25) is 0 Å². The summed E-state index contributed by atoms with van der Waals surface area (Å²) in [5.74, 6) is 1.68. The minimum Gasteiger partial charge on any atom is -0.365 e. The van der Waals surface area contributed by atoms with Crippen molar-refractivity contribution in [1.29, 1.82) is 0 Å². The minimum absolute atomic E-state index is 0.122. The molecule has 0 saturated heterocycles. The molecule has 0 atom stereocenters. The fourth-order valence-corrected chi connectivity index (χ4v) is 3.10. The van der Waals surface area contributed by atoms with Gasteiger partial charge in [-0.3, -0.25) is 14.8 Å². The van der Waals surface area contributed by atoms with Gasteiger partial charge in [0.05, 0.1) is 23.8 Å². The SMILES string of the molecule is CC(C)(C)Nc1nc(Nc2cnccn2)cc2ccn(Cc3ccccn3)c(=O)c12. The van der Waals surface area contributed by atoms with Crippen LogP contribution in [0.15, 0.2) is 66.1 Å². The second-order valence-corrected chi connectivity index (χ2v) is 7.98. The molecule has 0 aliphatic rings. The van der Waals surface area contributed by atoms with E-state index in [1.165, 1.54) is 0 Å². The maximum atomic E-state index is 13.3. The van der Waals surface area contributed by atoms with Crippen LogP contribution in [-0.4, -0.2) is 30.0 Å². The molecule has 8 nitrogen and oxygen atoms in total. The number of hydrogen-bond acceptors (Lipinski definition) is 7.